The molecular weight excluding hydrogens is 446 g/mol. The van der Waals surface area contributed by atoms with Crippen molar-refractivity contribution in [2.75, 3.05) is 45.0 Å². The number of benzene rings is 1. The lowest BCUT2D eigenvalue weighted by molar-refractivity contribution is -0.136. The number of carbonyl (C=O) groups excluding carboxylic acids is 5. The number of terminal acetylenes is 1. The van der Waals surface area contributed by atoms with Gasteiger partial charge >= 0.3 is 0 Å². The maximum Gasteiger partial charge on any atom is 0.264 e. The smallest absolute Gasteiger partial charge is 0.264 e. The van der Waals surface area contributed by atoms with E-state index in [1.54, 1.807) is 0 Å². The quantitative estimate of drug-likeness (QED) is 0.249. The molecule has 2 aliphatic heterocycles. The fraction of sp³-hybridized carbons (Fsp3) is 0.435. The highest BCUT2D eigenvalue weighted by Gasteiger charge is 2.45. The zero-order valence-corrected chi connectivity index (χ0v) is 18.5. The van der Waals surface area contributed by atoms with E-state index in [1.165, 1.54) is 18.2 Å². The number of anilines is 1. The number of rotatable bonds is 12. The molecule has 180 valence electrons. The van der Waals surface area contributed by atoms with E-state index >= 15 is 0 Å². The van der Waals surface area contributed by atoms with Gasteiger partial charge in [-0.05, 0) is 18.6 Å². The molecule has 0 saturated carbocycles. The predicted octanol–water partition coefficient (Wildman–Crippen LogP) is 0.0994. The van der Waals surface area contributed by atoms with Gasteiger partial charge < -0.3 is 19.5 Å². The molecule has 2 heterocycles. The molecule has 3 rings (SSSR count). The molecule has 0 radical (unpaired) electrons. The molecule has 11 nitrogen and oxygen atoms in total. The lowest BCUT2D eigenvalue weighted by Crippen LogP contribution is -2.54. The Balaban J connectivity index is 1.49. The summed E-state index contributed by atoms with van der Waals surface area (Å²) in [6, 6.07) is 3.42. The third-order valence-electron chi connectivity index (χ3n) is 5.15. The predicted molar refractivity (Wildman–Crippen MR) is 118 cm³/mol. The van der Waals surface area contributed by atoms with E-state index in [1.807, 2.05) is 0 Å². The monoisotopic (exact) mass is 471 g/mol. The van der Waals surface area contributed by atoms with Crippen molar-refractivity contribution in [3.05, 3.63) is 29.3 Å². The Morgan fingerprint density at radius 2 is 1.76 bits per heavy atom. The number of hydrogen-bond acceptors (Lipinski definition) is 8. The standard InChI is InChI=1S/C23H25N3O8/c1-2-9-32-11-13-34-14-12-33-10-8-19(28)24-16-5-3-4-15-20(16)23(31)26(22(15)30)17-6-7-18(27)25-21(17)29/h1,3-5,17H,6-14H2,(H,24,28)(H,25,27,29). The molecule has 5 amide bonds. The Labute approximate surface area is 196 Å². The first kappa shape index (κ1) is 25.0. The maximum absolute atomic E-state index is 13.0. The molecule has 1 saturated heterocycles. The highest BCUT2D eigenvalue weighted by molar-refractivity contribution is 6.26. The molecule has 1 fully saturated rings. The Morgan fingerprint density at radius 1 is 1.06 bits per heavy atom. The molecule has 0 spiro atoms. The van der Waals surface area contributed by atoms with Crippen molar-refractivity contribution < 1.29 is 38.2 Å². The zero-order valence-electron chi connectivity index (χ0n) is 18.5. The highest BCUT2D eigenvalue weighted by Crippen LogP contribution is 2.32. The van der Waals surface area contributed by atoms with Crippen molar-refractivity contribution in [1.82, 2.24) is 10.2 Å². The first-order valence-electron chi connectivity index (χ1n) is 10.7. The van der Waals surface area contributed by atoms with Crippen molar-refractivity contribution in [3.8, 4) is 12.3 Å². The average Bonchev–Trinajstić information content (AvgIpc) is 3.06. The van der Waals surface area contributed by atoms with Crippen LogP contribution in [0.1, 0.15) is 40.0 Å². The lowest BCUT2D eigenvalue weighted by Gasteiger charge is -2.27. The van der Waals surface area contributed by atoms with Crippen LogP contribution in [0.15, 0.2) is 18.2 Å². The molecular formula is C23H25N3O8. The van der Waals surface area contributed by atoms with Gasteiger partial charge in [0, 0.05) is 6.42 Å². The van der Waals surface area contributed by atoms with E-state index in [0.29, 0.717) is 19.8 Å². The number of amides is 5. The molecule has 1 unspecified atom stereocenters. The first-order valence-corrected chi connectivity index (χ1v) is 10.7. The second-order valence-corrected chi connectivity index (χ2v) is 7.45. The number of nitrogens with one attached hydrogen (secondary N) is 2. The maximum atomic E-state index is 13.0. The number of piperidine rings is 1. The van der Waals surface area contributed by atoms with Gasteiger partial charge in [-0.3, -0.25) is 34.2 Å². The van der Waals surface area contributed by atoms with Crippen molar-refractivity contribution in [2.24, 2.45) is 0 Å². The Kier molecular flexibility index (Phi) is 8.86. The lowest BCUT2D eigenvalue weighted by atomic mass is 10.0. The Hall–Kier alpha value is -3.59. The summed E-state index contributed by atoms with van der Waals surface area (Å²) in [6.07, 6.45) is 5.16. The molecule has 2 aliphatic rings. The largest absolute Gasteiger partial charge is 0.379 e. The van der Waals surface area contributed by atoms with Crippen molar-refractivity contribution >= 4 is 35.2 Å². The van der Waals surface area contributed by atoms with Crippen LogP contribution in [-0.2, 0) is 28.6 Å². The molecule has 0 bridgehead atoms. The van der Waals surface area contributed by atoms with E-state index in [0.717, 1.165) is 4.90 Å². The number of hydrogen-bond donors (Lipinski definition) is 2. The number of carbonyl (C=O) groups is 5. The van der Waals surface area contributed by atoms with Crippen LogP contribution in [0.2, 0.25) is 0 Å². The third-order valence-corrected chi connectivity index (χ3v) is 5.15. The summed E-state index contributed by atoms with van der Waals surface area (Å²) >= 11 is 0. The molecule has 1 atom stereocenters. The van der Waals surface area contributed by atoms with Gasteiger partial charge in [-0.1, -0.05) is 12.0 Å². The first-order chi connectivity index (χ1) is 16.4. The minimum Gasteiger partial charge on any atom is -0.379 e. The van der Waals surface area contributed by atoms with Crippen LogP contribution < -0.4 is 10.6 Å². The molecule has 34 heavy (non-hydrogen) atoms. The summed E-state index contributed by atoms with van der Waals surface area (Å²) in [7, 11) is 0. The van der Waals surface area contributed by atoms with E-state index < -0.39 is 35.6 Å². The van der Waals surface area contributed by atoms with Gasteiger partial charge in [-0.2, -0.15) is 0 Å². The number of nitrogens with zero attached hydrogens (tertiary/aromatic N) is 1. The van der Waals surface area contributed by atoms with Gasteiger partial charge in [0.25, 0.3) is 11.8 Å². The summed E-state index contributed by atoms with van der Waals surface area (Å²) in [5.41, 5.74) is 0.282. The molecule has 1 aromatic rings. The summed E-state index contributed by atoms with van der Waals surface area (Å²) in [5.74, 6) is -0.535. The third kappa shape index (κ3) is 6.05. The second kappa shape index (κ2) is 12.0. The molecule has 0 aliphatic carbocycles. The van der Waals surface area contributed by atoms with Crippen molar-refractivity contribution in [2.45, 2.75) is 25.3 Å². The molecule has 2 N–H and O–H groups in total. The average molecular weight is 471 g/mol. The van der Waals surface area contributed by atoms with Gasteiger partial charge in [-0.25, -0.2) is 0 Å². The topological polar surface area (TPSA) is 140 Å². The van der Waals surface area contributed by atoms with Crippen LogP contribution in [0.4, 0.5) is 5.69 Å². The summed E-state index contributed by atoms with van der Waals surface area (Å²) in [6.45, 7) is 1.75. The van der Waals surface area contributed by atoms with E-state index in [-0.39, 0.29) is 55.9 Å². The van der Waals surface area contributed by atoms with E-state index in [2.05, 4.69) is 16.6 Å². The second-order valence-electron chi connectivity index (χ2n) is 7.45. The van der Waals surface area contributed by atoms with Gasteiger partial charge in [-0.15, -0.1) is 6.42 Å². The Bertz CT molecular complexity index is 1020. The van der Waals surface area contributed by atoms with Crippen LogP contribution in [0.3, 0.4) is 0 Å². The van der Waals surface area contributed by atoms with Crippen molar-refractivity contribution in [3.63, 3.8) is 0 Å². The van der Waals surface area contributed by atoms with E-state index in [4.69, 9.17) is 20.6 Å². The van der Waals surface area contributed by atoms with Gasteiger partial charge in [0.05, 0.1) is 56.3 Å². The minimum atomic E-state index is -1.08. The fourth-order valence-electron chi connectivity index (χ4n) is 3.57. The van der Waals surface area contributed by atoms with Crippen LogP contribution in [0.5, 0.6) is 0 Å². The van der Waals surface area contributed by atoms with Crippen LogP contribution >= 0.6 is 0 Å². The van der Waals surface area contributed by atoms with Crippen LogP contribution in [-0.4, -0.2) is 80.1 Å². The molecule has 1 aromatic carbocycles. The molecule has 11 heteroatoms. The summed E-state index contributed by atoms with van der Waals surface area (Å²) in [4.78, 5) is 62.6. The number of fused-ring (bicyclic) bond motifs is 1. The SMILES string of the molecule is C#CCOCCOCCOCCC(=O)Nc1cccc2c1C(=O)N(C1CCC(=O)NC1=O)C2=O. The normalized spacial score (nSPS) is 17.4. The van der Waals surface area contributed by atoms with Gasteiger partial charge in [0.1, 0.15) is 12.6 Å². The van der Waals surface area contributed by atoms with E-state index in [9.17, 15) is 24.0 Å². The van der Waals surface area contributed by atoms with Crippen molar-refractivity contribution in [1.29, 1.82) is 0 Å². The molecule has 0 aromatic heterocycles. The highest BCUT2D eigenvalue weighted by atomic mass is 16.5. The Morgan fingerprint density at radius 3 is 2.47 bits per heavy atom. The van der Waals surface area contributed by atoms with Crippen LogP contribution in [0.25, 0.3) is 0 Å². The number of ether oxygens (including phenoxy) is 3. The van der Waals surface area contributed by atoms with Gasteiger partial charge in [0.2, 0.25) is 17.7 Å². The zero-order chi connectivity index (χ0) is 24.5. The number of imide groups is 2. The van der Waals surface area contributed by atoms with Gasteiger partial charge in [0.15, 0.2) is 0 Å². The summed E-state index contributed by atoms with van der Waals surface area (Å²) in [5, 5.41) is 4.77. The minimum absolute atomic E-state index is 0.0203. The summed E-state index contributed by atoms with van der Waals surface area (Å²) < 4.78 is 15.7. The van der Waals surface area contributed by atoms with Crippen LogP contribution in [0, 0.1) is 12.3 Å². The fourth-order valence-corrected chi connectivity index (χ4v) is 3.57.